The third kappa shape index (κ3) is 6.30. The van der Waals surface area contributed by atoms with Gasteiger partial charge in [-0.05, 0) is 46.8 Å². The highest BCUT2D eigenvalue weighted by Crippen LogP contribution is 2.36. The Kier molecular flexibility index (Phi) is 7.78. The van der Waals surface area contributed by atoms with Gasteiger partial charge in [-0.1, -0.05) is 17.7 Å². The monoisotopic (exact) mass is 423 g/mol. The topological polar surface area (TPSA) is 81.7 Å². The predicted molar refractivity (Wildman–Crippen MR) is 96.6 cm³/mol. The highest BCUT2D eigenvalue weighted by atomic mass is 32.2. The fraction of sp³-hybridized carbons (Fsp3) is 0.556. The van der Waals surface area contributed by atoms with Gasteiger partial charge in [0.25, 0.3) is 0 Å². The SMILES string of the molecule is CCOC(=O)C(CC(=O)OC(C)(C)C)(NS(=O)c1ccc(C)cc1)C(F)(F)F. The van der Waals surface area contributed by atoms with E-state index in [2.05, 4.69) is 4.74 Å². The summed E-state index contributed by atoms with van der Waals surface area (Å²) < 4.78 is 65.7. The van der Waals surface area contributed by atoms with Gasteiger partial charge in [-0.25, -0.2) is 13.7 Å². The molecule has 28 heavy (non-hydrogen) atoms. The molecular formula is C18H24F3NO5S. The summed E-state index contributed by atoms with van der Waals surface area (Å²) >= 11 is 0. The normalized spacial score (nSPS) is 15.4. The van der Waals surface area contributed by atoms with Gasteiger partial charge >= 0.3 is 18.1 Å². The Morgan fingerprint density at radius 1 is 1.11 bits per heavy atom. The van der Waals surface area contributed by atoms with E-state index in [0.29, 0.717) is 0 Å². The lowest BCUT2D eigenvalue weighted by atomic mass is 9.95. The molecule has 0 aliphatic heterocycles. The van der Waals surface area contributed by atoms with Crippen molar-refractivity contribution >= 4 is 22.9 Å². The zero-order chi connectivity index (χ0) is 21.8. The number of nitrogens with one attached hydrogen (secondary N) is 1. The Bertz CT molecular complexity index is 728. The summed E-state index contributed by atoms with van der Waals surface area (Å²) in [7, 11) is -2.45. The molecule has 2 unspecified atom stereocenters. The number of carbonyl (C=O) groups excluding carboxylic acids is 2. The fourth-order valence-electron chi connectivity index (χ4n) is 2.15. The fourth-order valence-corrected chi connectivity index (χ4v) is 3.24. The van der Waals surface area contributed by atoms with E-state index in [1.165, 1.54) is 39.8 Å². The molecule has 2 atom stereocenters. The van der Waals surface area contributed by atoms with E-state index < -0.39 is 46.7 Å². The van der Waals surface area contributed by atoms with Crippen LogP contribution in [0.1, 0.15) is 39.7 Å². The summed E-state index contributed by atoms with van der Waals surface area (Å²) in [5.74, 6) is -3.04. The van der Waals surface area contributed by atoms with E-state index >= 15 is 0 Å². The Morgan fingerprint density at radius 3 is 2.07 bits per heavy atom. The largest absolute Gasteiger partial charge is 0.464 e. The third-order valence-corrected chi connectivity index (χ3v) is 4.67. The van der Waals surface area contributed by atoms with Gasteiger partial charge in [-0.3, -0.25) is 4.79 Å². The second-order valence-electron chi connectivity index (χ2n) is 7.07. The molecule has 158 valence electrons. The molecule has 1 aromatic carbocycles. The van der Waals surface area contributed by atoms with Crippen molar-refractivity contribution in [2.45, 2.75) is 63.3 Å². The first-order valence-electron chi connectivity index (χ1n) is 8.44. The molecule has 0 amide bonds. The van der Waals surface area contributed by atoms with Crippen molar-refractivity contribution in [2.24, 2.45) is 0 Å². The molecule has 0 fully saturated rings. The number of alkyl halides is 3. The van der Waals surface area contributed by atoms with E-state index in [1.807, 2.05) is 0 Å². The van der Waals surface area contributed by atoms with Crippen LogP contribution in [0.5, 0.6) is 0 Å². The minimum Gasteiger partial charge on any atom is -0.464 e. The zero-order valence-corrected chi connectivity index (χ0v) is 17.1. The molecular weight excluding hydrogens is 399 g/mol. The summed E-state index contributed by atoms with van der Waals surface area (Å²) in [6.07, 6.45) is -6.71. The minimum atomic E-state index is -5.28. The molecule has 0 spiro atoms. The van der Waals surface area contributed by atoms with E-state index in [0.717, 1.165) is 5.56 Å². The van der Waals surface area contributed by atoms with Crippen LogP contribution in [0, 0.1) is 6.92 Å². The minimum absolute atomic E-state index is 0.00714. The molecule has 0 heterocycles. The number of halogens is 3. The van der Waals surface area contributed by atoms with Crippen molar-refractivity contribution in [2.75, 3.05) is 6.61 Å². The number of rotatable bonds is 7. The van der Waals surface area contributed by atoms with E-state index in [1.54, 1.807) is 23.8 Å². The summed E-state index contributed by atoms with van der Waals surface area (Å²) in [6.45, 7) is 7.14. The summed E-state index contributed by atoms with van der Waals surface area (Å²) in [4.78, 5) is 24.4. The second-order valence-corrected chi connectivity index (χ2v) is 8.28. The molecule has 0 aromatic heterocycles. The summed E-state index contributed by atoms with van der Waals surface area (Å²) in [5.41, 5.74) is -3.79. The quantitative estimate of drug-likeness (QED) is 0.681. The maximum absolute atomic E-state index is 14.0. The zero-order valence-electron chi connectivity index (χ0n) is 16.3. The van der Waals surface area contributed by atoms with Crippen molar-refractivity contribution < 1.29 is 36.4 Å². The molecule has 0 saturated heterocycles. The number of ether oxygens (including phenoxy) is 2. The van der Waals surface area contributed by atoms with Crippen LogP contribution in [0.3, 0.4) is 0 Å². The number of benzene rings is 1. The Labute approximate surface area is 164 Å². The first kappa shape index (κ1) is 24.1. The number of hydrogen-bond acceptors (Lipinski definition) is 5. The van der Waals surface area contributed by atoms with Gasteiger partial charge in [0.05, 0.1) is 17.9 Å². The lowest BCUT2D eigenvalue weighted by Crippen LogP contribution is -2.64. The van der Waals surface area contributed by atoms with Crippen molar-refractivity contribution in [3.63, 3.8) is 0 Å². The highest BCUT2D eigenvalue weighted by molar-refractivity contribution is 7.83. The summed E-state index contributed by atoms with van der Waals surface area (Å²) in [6, 6.07) is 5.83. The van der Waals surface area contributed by atoms with Crippen LogP contribution in [-0.4, -0.2) is 40.1 Å². The summed E-state index contributed by atoms with van der Waals surface area (Å²) in [5, 5.41) is 0. The molecule has 0 saturated carbocycles. The number of carbonyl (C=O) groups is 2. The highest BCUT2D eigenvalue weighted by Gasteiger charge is 2.64. The van der Waals surface area contributed by atoms with Crippen LogP contribution >= 0.6 is 0 Å². The van der Waals surface area contributed by atoms with Crippen molar-refractivity contribution in [1.82, 2.24) is 4.72 Å². The molecule has 6 nitrogen and oxygen atoms in total. The maximum Gasteiger partial charge on any atom is 0.418 e. The van der Waals surface area contributed by atoms with Crippen LogP contribution in [0.2, 0.25) is 0 Å². The van der Waals surface area contributed by atoms with E-state index in [4.69, 9.17) is 4.74 Å². The lowest BCUT2D eigenvalue weighted by Gasteiger charge is -2.33. The number of esters is 2. The molecule has 0 aliphatic rings. The van der Waals surface area contributed by atoms with Gasteiger partial charge in [-0.15, -0.1) is 0 Å². The van der Waals surface area contributed by atoms with Crippen molar-refractivity contribution in [3.05, 3.63) is 29.8 Å². The first-order chi connectivity index (χ1) is 12.7. The van der Waals surface area contributed by atoms with E-state index in [-0.39, 0.29) is 11.5 Å². The van der Waals surface area contributed by atoms with Crippen molar-refractivity contribution in [1.29, 1.82) is 0 Å². The second kappa shape index (κ2) is 9.04. The molecule has 10 heteroatoms. The average molecular weight is 423 g/mol. The number of aryl methyl sites for hydroxylation is 1. The predicted octanol–water partition coefficient (Wildman–Crippen LogP) is 3.20. The third-order valence-electron chi connectivity index (χ3n) is 3.44. The van der Waals surface area contributed by atoms with Crippen LogP contribution in [0.25, 0.3) is 0 Å². The van der Waals surface area contributed by atoms with Crippen LogP contribution in [-0.2, 0) is 30.0 Å². The smallest absolute Gasteiger partial charge is 0.418 e. The van der Waals surface area contributed by atoms with Gasteiger partial charge < -0.3 is 9.47 Å². The van der Waals surface area contributed by atoms with Crippen LogP contribution < -0.4 is 4.72 Å². The van der Waals surface area contributed by atoms with Gasteiger partial charge in [0.2, 0.25) is 5.54 Å². The van der Waals surface area contributed by atoms with Gasteiger partial charge in [0.1, 0.15) is 16.6 Å². The molecule has 0 aliphatic carbocycles. The van der Waals surface area contributed by atoms with Crippen molar-refractivity contribution in [3.8, 4) is 0 Å². The number of hydrogen-bond donors (Lipinski definition) is 1. The standard InChI is InChI=1S/C18H24F3NO5S/c1-6-26-15(24)17(18(19,20)21,11-14(23)27-16(3,4)5)22-28(25)13-9-7-12(2)8-10-13/h7-10,22H,6,11H2,1-5H3. The Morgan fingerprint density at radius 2 is 1.64 bits per heavy atom. The van der Waals surface area contributed by atoms with Gasteiger partial charge in [0.15, 0.2) is 0 Å². The molecule has 1 rings (SSSR count). The van der Waals surface area contributed by atoms with Gasteiger partial charge in [-0.2, -0.15) is 13.2 Å². The van der Waals surface area contributed by atoms with Crippen LogP contribution in [0.15, 0.2) is 29.2 Å². The molecule has 1 N–H and O–H groups in total. The Balaban J connectivity index is 3.34. The molecule has 1 aromatic rings. The van der Waals surface area contributed by atoms with Gasteiger partial charge in [0, 0.05) is 0 Å². The molecule has 0 bridgehead atoms. The maximum atomic E-state index is 14.0. The first-order valence-corrected chi connectivity index (χ1v) is 9.59. The van der Waals surface area contributed by atoms with E-state index in [9.17, 15) is 27.0 Å². The lowest BCUT2D eigenvalue weighted by molar-refractivity contribution is -0.215. The molecule has 0 radical (unpaired) electrons. The van der Waals surface area contributed by atoms with Crippen LogP contribution in [0.4, 0.5) is 13.2 Å². The Hall–Kier alpha value is -1.94. The average Bonchev–Trinajstić information content (AvgIpc) is 2.51.